The van der Waals surface area contributed by atoms with Crippen molar-refractivity contribution in [3.63, 3.8) is 0 Å². The Balaban J connectivity index is 2.30. The molecule has 1 aliphatic rings. The quantitative estimate of drug-likeness (QED) is 0.858. The summed E-state index contributed by atoms with van der Waals surface area (Å²) >= 11 is 0. The summed E-state index contributed by atoms with van der Waals surface area (Å²) in [6, 6.07) is 0.118. The fourth-order valence-corrected chi connectivity index (χ4v) is 3.93. The van der Waals surface area contributed by atoms with Crippen LogP contribution in [0.4, 0.5) is 5.82 Å². The molecule has 0 saturated carbocycles. The molecule has 1 saturated heterocycles. The molecule has 0 amide bonds. The Bertz CT molecular complexity index is 553. The molecule has 0 spiro atoms. The number of nitrogens with zero attached hydrogens (tertiary/aromatic N) is 2. The second kappa shape index (κ2) is 6.98. The number of carboxylic acid groups (broad SMARTS) is 1. The van der Waals surface area contributed by atoms with Gasteiger partial charge < -0.3 is 10.4 Å². The van der Waals surface area contributed by atoms with Gasteiger partial charge in [0.1, 0.15) is 5.56 Å². The summed E-state index contributed by atoms with van der Waals surface area (Å²) < 4.78 is 11.4. The van der Waals surface area contributed by atoms with Crippen molar-refractivity contribution in [2.75, 3.05) is 16.8 Å². The maximum Gasteiger partial charge on any atom is 0.339 e. The predicted octanol–water partition coefficient (Wildman–Crippen LogP) is 1.62. The Morgan fingerprint density at radius 2 is 1.95 bits per heavy atom. The fraction of sp³-hybridized carbons (Fsp3) is 0.643. The van der Waals surface area contributed by atoms with E-state index in [1.54, 1.807) is 0 Å². The van der Waals surface area contributed by atoms with Gasteiger partial charge in [-0.25, -0.2) is 4.79 Å². The van der Waals surface area contributed by atoms with Gasteiger partial charge in [0.25, 0.3) is 0 Å². The molecule has 1 aromatic heterocycles. The summed E-state index contributed by atoms with van der Waals surface area (Å²) in [5, 5.41) is 20.9. The van der Waals surface area contributed by atoms with Gasteiger partial charge in [0.2, 0.25) is 0 Å². The van der Waals surface area contributed by atoms with E-state index in [2.05, 4.69) is 15.5 Å². The molecule has 0 unspecified atom stereocenters. The largest absolute Gasteiger partial charge is 0.478 e. The minimum absolute atomic E-state index is 0.118. The molecule has 0 bridgehead atoms. The second-order valence-corrected chi connectivity index (χ2v) is 6.82. The number of aromatic carboxylic acids is 1. The van der Waals surface area contributed by atoms with Crippen LogP contribution in [0.15, 0.2) is 0 Å². The van der Waals surface area contributed by atoms with E-state index in [4.69, 9.17) is 0 Å². The van der Waals surface area contributed by atoms with Crippen LogP contribution in [0.3, 0.4) is 0 Å². The highest BCUT2D eigenvalue weighted by Crippen LogP contribution is 2.23. The molecule has 6 nitrogen and oxygen atoms in total. The molecule has 2 rings (SSSR count). The van der Waals surface area contributed by atoms with Crippen molar-refractivity contribution in [2.24, 2.45) is 0 Å². The van der Waals surface area contributed by atoms with E-state index in [0.29, 0.717) is 30.2 Å². The molecule has 116 valence electrons. The number of carbonyl (C=O) groups is 1. The lowest BCUT2D eigenvalue weighted by Gasteiger charge is -2.24. The smallest absolute Gasteiger partial charge is 0.339 e. The Morgan fingerprint density at radius 3 is 2.48 bits per heavy atom. The van der Waals surface area contributed by atoms with E-state index in [-0.39, 0.29) is 11.6 Å². The van der Waals surface area contributed by atoms with Crippen LogP contribution < -0.4 is 5.32 Å². The van der Waals surface area contributed by atoms with Crippen LogP contribution in [-0.2, 0) is 23.6 Å². The van der Waals surface area contributed by atoms with Crippen molar-refractivity contribution >= 4 is 22.6 Å². The van der Waals surface area contributed by atoms with Gasteiger partial charge in [-0.3, -0.25) is 4.21 Å². The average molecular weight is 311 g/mol. The van der Waals surface area contributed by atoms with Crippen LogP contribution in [0.1, 0.15) is 48.3 Å². The summed E-state index contributed by atoms with van der Waals surface area (Å²) in [6.45, 7) is 3.87. The van der Waals surface area contributed by atoms with E-state index in [0.717, 1.165) is 24.1 Å². The zero-order valence-electron chi connectivity index (χ0n) is 12.4. The van der Waals surface area contributed by atoms with Crippen molar-refractivity contribution in [1.29, 1.82) is 0 Å². The Labute approximate surface area is 126 Å². The van der Waals surface area contributed by atoms with Crippen molar-refractivity contribution in [3.8, 4) is 0 Å². The van der Waals surface area contributed by atoms with Gasteiger partial charge in [-0.2, -0.15) is 5.10 Å². The lowest BCUT2D eigenvalue weighted by molar-refractivity contribution is 0.0696. The monoisotopic (exact) mass is 311 g/mol. The van der Waals surface area contributed by atoms with E-state index < -0.39 is 16.8 Å². The molecule has 0 radical (unpaired) electrons. The first-order valence-electron chi connectivity index (χ1n) is 7.30. The summed E-state index contributed by atoms with van der Waals surface area (Å²) in [7, 11) is -0.736. The normalized spacial score (nSPS) is 22.0. The topological polar surface area (TPSA) is 92.2 Å². The number of hydrogen-bond acceptors (Lipinski definition) is 5. The van der Waals surface area contributed by atoms with Crippen LogP contribution in [0.5, 0.6) is 0 Å². The van der Waals surface area contributed by atoms with Crippen molar-refractivity contribution in [1.82, 2.24) is 10.2 Å². The summed E-state index contributed by atoms with van der Waals surface area (Å²) in [5.41, 5.74) is 1.73. The summed E-state index contributed by atoms with van der Waals surface area (Å²) in [5.74, 6) is 0.676. The van der Waals surface area contributed by atoms with Gasteiger partial charge in [-0.1, -0.05) is 13.8 Å². The molecular formula is C14H21N3O3S. The number of nitrogens with one attached hydrogen (secondary N) is 1. The van der Waals surface area contributed by atoms with Gasteiger partial charge >= 0.3 is 5.97 Å². The third kappa shape index (κ3) is 3.58. The Morgan fingerprint density at radius 1 is 1.29 bits per heavy atom. The number of carboxylic acids is 1. The molecule has 2 heterocycles. The first-order valence-corrected chi connectivity index (χ1v) is 8.78. The second-order valence-electron chi connectivity index (χ2n) is 5.13. The molecule has 0 aliphatic carbocycles. The number of aryl methyl sites for hydroxylation is 1. The minimum atomic E-state index is -0.974. The van der Waals surface area contributed by atoms with Gasteiger partial charge in [-0.05, 0) is 31.2 Å². The minimum Gasteiger partial charge on any atom is -0.478 e. The van der Waals surface area contributed by atoms with Gasteiger partial charge in [-0.15, -0.1) is 5.10 Å². The number of aromatic nitrogens is 2. The third-order valence-corrected chi connectivity index (χ3v) is 5.17. The van der Waals surface area contributed by atoms with Crippen molar-refractivity contribution in [3.05, 3.63) is 16.8 Å². The van der Waals surface area contributed by atoms with Crippen LogP contribution in [0.25, 0.3) is 0 Å². The van der Waals surface area contributed by atoms with Crippen LogP contribution in [0.2, 0.25) is 0 Å². The molecule has 7 heteroatoms. The maximum absolute atomic E-state index is 11.6. The first-order chi connectivity index (χ1) is 10.1. The number of hydrogen-bond donors (Lipinski definition) is 2. The van der Waals surface area contributed by atoms with Gasteiger partial charge in [0, 0.05) is 28.3 Å². The van der Waals surface area contributed by atoms with E-state index in [9.17, 15) is 14.1 Å². The molecular weight excluding hydrogens is 290 g/mol. The molecule has 0 atom stereocenters. The van der Waals surface area contributed by atoms with E-state index in [1.165, 1.54) is 0 Å². The Hall–Kier alpha value is -1.50. The average Bonchev–Trinajstić information content (AvgIpc) is 2.48. The fourth-order valence-electron chi connectivity index (χ4n) is 2.64. The predicted molar refractivity (Wildman–Crippen MR) is 82.3 cm³/mol. The highest BCUT2D eigenvalue weighted by Gasteiger charge is 2.24. The standard InChI is InChI=1S/C14H21N3O3S/c1-3-10-11(4-2)16-17-13(12(10)14(18)19)15-9-5-7-21(20)8-6-9/h9H,3-8H2,1-2H3,(H,15,17)(H,18,19). The molecule has 1 fully saturated rings. The molecule has 21 heavy (non-hydrogen) atoms. The molecule has 1 aliphatic heterocycles. The van der Waals surface area contributed by atoms with Gasteiger partial charge in [0.15, 0.2) is 5.82 Å². The van der Waals surface area contributed by atoms with Gasteiger partial charge in [0.05, 0.1) is 5.69 Å². The lowest BCUT2D eigenvalue weighted by atomic mass is 10.0. The van der Waals surface area contributed by atoms with Crippen LogP contribution >= 0.6 is 0 Å². The lowest BCUT2D eigenvalue weighted by Crippen LogP contribution is -2.31. The van der Waals surface area contributed by atoms with E-state index >= 15 is 0 Å². The van der Waals surface area contributed by atoms with Crippen LogP contribution in [0, 0.1) is 0 Å². The zero-order chi connectivity index (χ0) is 15.4. The summed E-state index contributed by atoms with van der Waals surface area (Å²) in [6.07, 6.45) is 2.82. The number of anilines is 1. The maximum atomic E-state index is 11.6. The summed E-state index contributed by atoms with van der Waals surface area (Å²) in [4.78, 5) is 11.6. The molecule has 1 aromatic rings. The molecule has 0 aromatic carbocycles. The van der Waals surface area contributed by atoms with E-state index in [1.807, 2.05) is 13.8 Å². The molecule has 2 N–H and O–H groups in total. The SMILES string of the molecule is CCc1nnc(NC2CCS(=O)CC2)c(C(=O)O)c1CC. The third-order valence-electron chi connectivity index (χ3n) is 3.79. The van der Waals surface area contributed by atoms with Crippen molar-refractivity contribution < 1.29 is 14.1 Å². The highest BCUT2D eigenvalue weighted by molar-refractivity contribution is 7.85. The zero-order valence-corrected chi connectivity index (χ0v) is 13.2. The first kappa shape index (κ1) is 15.9. The Kier molecular flexibility index (Phi) is 5.27. The highest BCUT2D eigenvalue weighted by atomic mass is 32.2. The van der Waals surface area contributed by atoms with Crippen molar-refractivity contribution in [2.45, 2.75) is 45.6 Å². The van der Waals surface area contributed by atoms with Crippen LogP contribution in [-0.4, -0.2) is 43.0 Å². The number of rotatable bonds is 5.